The van der Waals surface area contributed by atoms with Crippen LogP contribution in [0.15, 0.2) is 12.1 Å². The molecule has 2 aromatic rings. The Morgan fingerprint density at radius 2 is 2.08 bits per heavy atom. The van der Waals surface area contributed by atoms with Crippen LogP contribution in [0.1, 0.15) is 53.4 Å². The highest BCUT2D eigenvalue weighted by atomic mass is 16.5. The van der Waals surface area contributed by atoms with Gasteiger partial charge in [0.05, 0.1) is 12.8 Å². The van der Waals surface area contributed by atoms with E-state index in [4.69, 9.17) is 9.72 Å². The third-order valence-corrected chi connectivity index (χ3v) is 5.46. The minimum atomic E-state index is 0.0245. The molecule has 126 valence electrons. The zero-order chi connectivity index (χ0) is 16.8. The predicted molar refractivity (Wildman–Crippen MR) is 92.7 cm³/mol. The van der Waals surface area contributed by atoms with Crippen molar-refractivity contribution in [3.8, 4) is 5.75 Å². The van der Waals surface area contributed by atoms with Crippen LogP contribution in [0, 0.1) is 13.8 Å². The smallest absolute Gasteiger partial charge is 0.226 e. The van der Waals surface area contributed by atoms with E-state index in [1.54, 1.807) is 7.11 Å². The van der Waals surface area contributed by atoms with Crippen molar-refractivity contribution >= 4 is 11.7 Å². The number of anilines is 1. The first-order chi connectivity index (χ1) is 11.6. The average molecular weight is 325 g/mol. The lowest BCUT2D eigenvalue weighted by molar-refractivity contribution is -0.116. The van der Waals surface area contributed by atoms with E-state index < -0.39 is 0 Å². The number of carbonyl (C=O) groups is 1. The predicted octanol–water partition coefficient (Wildman–Crippen LogP) is 3.32. The number of rotatable bonds is 2. The van der Waals surface area contributed by atoms with Gasteiger partial charge in [-0.05, 0) is 49.4 Å². The molecule has 1 unspecified atom stereocenters. The molecule has 0 saturated heterocycles. The van der Waals surface area contributed by atoms with Crippen LogP contribution < -0.4 is 10.1 Å². The molecule has 24 heavy (non-hydrogen) atoms. The van der Waals surface area contributed by atoms with Crippen molar-refractivity contribution in [2.75, 3.05) is 12.4 Å². The number of nitrogens with one attached hydrogen (secondary N) is 1. The van der Waals surface area contributed by atoms with Crippen LogP contribution in [0.5, 0.6) is 5.75 Å². The summed E-state index contributed by atoms with van der Waals surface area (Å²) in [6.45, 7) is 5.13. The number of carbonyl (C=O) groups excluding carboxylic acids is 1. The Balaban J connectivity index is 1.85. The standard InChI is InChI=1S/C19H23N3O2/c1-11-12(2)15(24-3)8-7-13(11)14-10-17(23)21-19-18(14)20-16-6-4-5-9-22(16)19/h7-8,14H,4-6,9-10H2,1-3H3,(H,21,23). The van der Waals surface area contributed by atoms with Crippen molar-refractivity contribution in [2.45, 2.75) is 52.0 Å². The molecular formula is C19H23N3O2. The van der Waals surface area contributed by atoms with E-state index >= 15 is 0 Å². The summed E-state index contributed by atoms with van der Waals surface area (Å²) in [7, 11) is 1.69. The first-order valence-electron chi connectivity index (χ1n) is 8.63. The number of methoxy groups -OCH3 is 1. The lowest BCUT2D eigenvalue weighted by Gasteiger charge is -2.26. The van der Waals surface area contributed by atoms with Crippen LogP contribution in [0.4, 0.5) is 5.82 Å². The van der Waals surface area contributed by atoms with Gasteiger partial charge in [0.1, 0.15) is 17.4 Å². The van der Waals surface area contributed by atoms with E-state index in [0.717, 1.165) is 48.0 Å². The van der Waals surface area contributed by atoms with Gasteiger partial charge in [-0.1, -0.05) is 6.07 Å². The summed E-state index contributed by atoms with van der Waals surface area (Å²) in [5.41, 5.74) is 4.52. The maximum atomic E-state index is 12.3. The van der Waals surface area contributed by atoms with Gasteiger partial charge in [0, 0.05) is 25.3 Å². The maximum absolute atomic E-state index is 12.3. The number of nitrogens with zero attached hydrogens (tertiary/aromatic N) is 2. The number of hydrogen-bond donors (Lipinski definition) is 1. The summed E-state index contributed by atoms with van der Waals surface area (Å²) in [6.07, 6.45) is 3.78. The normalized spacial score (nSPS) is 19.5. The number of benzene rings is 1. The molecule has 5 heteroatoms. The average Bonchev–Trinajstić information content (AvgIpc) is 2.95. The molecule has 2 aliphatic rings. The summed E-state index contributed by atoms with van der Waals surface area (Å²) >= 11 is 0. The SMILES string of the molecule is COc1ccc(C2CC(=O)Nc3c2nc2n3CCCC2)c(C)c1C. The number of hydrogen-bond acceptors (Lipinski definition) is 3. The van der Waals surface area contributed by atoms with Gasteiger partial charge in [-0.2, -0.15) is 0 Å². The van der Waals surface area contributed by atoms with E-state index in [9.17, 15) is 4.79 Å². The van der Waals surface area contributed by atoms with Gasteiger partial charge in [-0.15, -0.1) is 0 Å². The Hall–Kier alpha value is -2.30. The number of aromatic nitrogens is 2. The van der Waals surface area contributed by atoms with E-state index in [2.05, 4.69) is 29.8 Å². The third kappa shape index (κ3) is 2.22. The second-order valence-corrected chi connectivity index (χ2v) is 6.78. The van der Waals surface area contributed by atoms with E-state index in [-0.39, 0.29) is 11.8 Å². The van der Waals surface area contributed by atoms with Gasteiger partial charge in [0.2, 0.25) is 5.91 Å². The third-order valence-electron chi connectivity index (χ3n) is 5.46. The molecule has 0 radical (unpaired) electrons. The molecule has 1 N–H and O–H groups in total. The van der Waals surface area contributed by atoms with Gasteiger partial charge in [0.15, 0.2) is 0 Å². The van der Waals surface area contributed by atoms with Gasteiger partial charge >= 0.3 is 0 Å². The Bertz CT molecular complexity index is 823. The van der Waals surface area contributed by atoms with Crippen LogP contribution >= 0.6 is 0 Å². The lowest BCUT2D eigenvalue weighted by Crippen LogP contribution is -2.26. The molecule has 0 saturated carbocycles. The van der Waals surface area contributed by atoms with Crippen molar-refractivity contribution in [3.63, 3.8) is 0 Å². The minimum Gasteiger partial charge on any atom is -0.496 e. The molecule has 0 fully saturated rings. The molecule has 3 heterocycles. The van der Waals surface area contributed by atoms with Gasteiger partial charge in [0.25, 0.3) is 0 Å². The van der Waals surface area contributed by atoms with E-state index in [0.29, 0.717) is 6.42 Å². The maximum Gasteiger partial charge on any atom is 0.226 e. The summed E-state index contributed by atoms with van der Waals surface area (Å²) < 4.78 is 7.63. The quantitative estimate of drug-likeness (QED) is 0.921. The number of imidazole rings is 1. The summed E-state index contributed by atoms with van der Waals surface area (Å²) in [5, 5.41) is 3.06. The molecule has 1 aromatic heterocycles. The fourth-order valence-electron chi connectivity index (χ4n) is 4.02. The summed E-state index contributed by atoms with van der Waals surface area (Å²) in [5.74, 6) is 3.02. The molecule has 5 nitrogen and oxygen atoms in total. The Morgan fingerprint density at radius 1 is 1.25 bits per heavy atom. The van der Waals surface area contributed by atoms with Crippen LogP contribution in [-0.4, -0.2) is 22.6 Å². The van der Waals surface area contributed by atoms with Crippen LogP contribution in [0.3, 0.4) is 0 Å². The molecule has 0 aliphatic carbocycles. The zero-order valence-corrected chi connectivity index (χ0v) is 14.5. The van der Waals surface area contributed by atoms with Crippen molar-refractivity contribution < 1.29 is 9.53 Å². The molecule has 0 spiro atoms. The first-order valence-corrected chi connectivity index (χ1v) is 8.63. The zero-order valence-electron chi connectivity index (χ0n) is 14.5. The van der Waals surface area contributed by atoms with Crippen molar-refractivity contribution in [2.24, 2.45) is 0 Å². The lowest BCUT2D eigenvalue weighted by atomic mass is 9.85. The summed E-state index contributed by atoms with van der Waals surface area (Å²) in [6, 6.07) is 4.09. The highest BCUT2D eigenvalue weighted by Crippen LogP contribution is 2.41. The van der Waals surface area contributed by atoms with Crippen LogP contribution in [0.25, 0.3) is 0 Å². The molecule has 1 amide bonds. The summed E-state index contributed by atoms with van der Waals surface area (Å²) in [4.78, 5) is 17.2. The Morgan fingerprint density at radius 3 is 2.88 bits per heavy atom. The number of amides is 1. The topological polar surface area (TPSA) is 56.1 Å². The molecular weight excluding hydrogens is 302 g/mol. The largest absolute Gasteiger partial charge is 0.496 e. The first kappa shape index (κ1) is 15.2. The highest BCUT2D eigenvalue weighted by molar-refractivity contribution is 5.94. The van der Waals surface area contributed by atoms with Crippen molar-refractivity contribution in [3.05, 3.63) is 40.3 Å². The second-order valence-electron chi connectivity index (χ2n) is 6.78. The fraction of sp³-hybridized carbons (Fsp3) is 0.474. The number of fused-ring (bicyclic) bond motifs is 3. The Labute approximate surface area is 142 Å². The number of aryl methyl sites for hydroxylation is 1. The van der Waals surface area contributed by atoms with E-state index in [1.807, 2.05) is 6.07 Å². The van der Waals surface area contributed by atoms with Crippen molar-refractivity contribution in [1.82, 2.24) is 9.55 Å². The van der Waals surface area contributed by atoms with Crippen LogP contribution in [-0.2, 0) is 17.8 Å². The molecule has 4 rings (SSSR count). The monoisotopic (exact) mass is 325 g/mol. The van der Waals surface area contributed by atoms with Gasteiger partial charge < -0.3 is 14.6 Å². The molecule has 0 bridgehead atoms. The van der Waals surface area contributed by atoms with E-state index in [1.165, 1.54) is 17.5 Å². The van der Waals surface area contributed by atoms with Gasteiger partial charge in [-0.25, -0.2) is 4.98 Å². The fourth-order valence-corrected chi connectivity index (χ4v) is 4.02. The second kappa shape index (κ2) is 5.65. The minimum absolute atomic E-state index is 0.0245. The molecule has 1 aromatic carbocycles. The van der Waals surface area contributed by atoms with Crippen molar-refractivity contribution in [1.29, 1.82) is 0 Å². The highest BCUT2D eigenvalue weighted by Gasteiger charge is 2.34. The van der Waals surface area contributed by atoms with Crippen LogP contribution in [0.2, 0.25) is 0 Å². The Kier molecular flexibility index (Phi) is 3.59. The molecule has 1 atom stereocenters. The molecule has 2 aliphatic heterocycles. The number of ether oxygens (including phenoxy) is 1. The van der Waals surface area contributed by atoms with Gasteiger partial charge in [-0.3, -0.25) is 4.79 Å².